The summed E-state index contributed by atoms with van der Waals surface area (Å²) in [6.07, 6.45) is 0.495. The number of benzene rings is 1. The van der Waals surface area contributed by atoms with Gasteiger partial charge in [-0.2, -0.15) is 0 Å². The Labute approximate surface area is 119 Å². The van der Waals surface area contributed by atoms with Gasteiger partial charge in [0.2, 0.25) is 5.91 Å². The molecule has 0 radical (unpaired) electrons. The number of primary amides is 1. The first kappa shape index (κ1) is 15.7. The lowest BCUT2D eigenvalue weighted by molar-refractivity contribution is -0.384. The Balaban J connectivity index is 2.81. The average Bonchev–Trinajstić information content (AvgIpc) is 2.36. The van der Waals surface area contributed by atoms with E-state index in [4.69, 9.17) is 23.1 Å². The van der Waals surface area contributed by atoms with Gasteiger partial charge in [0.05, 0.1) is 21.2 Å². The van der Waals surface area contributed by atoms with Crippen molar-refractivity contribution in [1.82, 2.24) is 5.32 Å². The van der Waals surface area contributed by atoms with Gasteiger partial charge < -0.3 is 16.8 Å². The second-order valence-corrected chi connectivity index (χ2v) is 4.38. The monoisotopic (exact) mass is 300 g/mol. The van der Waals surface area contributed by atoms with E-state index in [0.717, 1.165) is 12.1 Å². The van der Waals surface area contributed by atoms with Crippen LogP contribution in [0.3, 0.4) is 0 Å². The zero-order chi connectivity index (χ0) is 15.3. The van der Waals surface area contributed by atoms with Crippen molar-refractivity contribution in [2.75, 3.05) is 12.3 Å². The van der Waals surface area contributed by atoms with E-state index >= 15 is 0 Å². The minimum absolute atomic E-state index is 0.0373. The number of rotatable bonds is 6. The molecule has 0 unspecified atom stereocenters. The lowest BCUT2D eigenvalue weighted by atomic mass is 10.1. The molecule has 0 aliphatic heterocycles. The van der Waals surface area contributed by atoms with Gasteiger partial charge in [0.25, 0.3) is 11.6 Å². The molecule has 1 aromatic rings. The molecule has 0 aliphatic rings. The standard InChI is InChI=1S/C11H13ClN4O4/c12-8-5-6(16(19)20)4-7(10(8)14)11(18)15-3-1-2-9(13)17/h4-5H,1-3,14H2,(H2,13,17)(H,15,18). The SMILES string of the molecule is NC(=O)CCCNC(=O)c1cc([N+](=O)[O-])cc(Cl)c1N. The van der Waals surface area contributed by atoms with Crippen molar-refractivity contribution in [3.05, 3.63) is 32.8 Å². The van der Waals surface area contributed by atoms with Crippen LogP contribution in [-0.4, -0.2) is 23.3 Å². The highest BCUT2D eigenvalue weighted by Crippen LogP contribution is 2.28. The number of nitro benzene ring substituents is 1. The molecule has 0 aliphatic carbocycles. The molecule has 20 heavy (non-hydrogen) atoms. The molecule has 0 aromatic heterocycles. The van der Waals surface area contributed by atoms with Crippen LogP contribution in [0, 0.1) is 10.1 Å². The van der Waals surface area contributed by atoms with Crippen LogP contribution in [0.15, 0.2) is 12.1 Å². The van der Waals surface area contributed by atoms with E-state index in [9.17, 15) is 19.7 Å². The first-order chi connectivity index (χ1) is 9.32. The van der Waals surface area contributed by atoms with Crippen LogP contribution in [0.4, 0.5) is 11.4 Å². The summed E-state index contributed by atoms with van der Waals surface area (Å²) in [6, 6.07) is 2.12. The molecule has 0 saturated heterocycles. The van der Waals surface area contributed by atoms with Crippen LogP contribution in [0.5, 0.6) is 0 Å². The molecule has 108 valence electrons. The number of nitro groups is 1. The number of non-ortho nitro benzene ring substituents is 1. The molecule has 1 rings (SSSR count). The summed E-state index contributed by atoms with van der Waals surface area (Å²) in [5.74, 6) is -1.07. The van der Waals surface area contributed by atoms with Gasteiger partial charge in [-0.3, -0.25) is 19.7 Å². The van der Waals surface area contributed by atoms with Gasteiger partial charge in [-0.25, -0.2) is 0 Å². The van der Waals surface area contributed by atoms with Crippen molar-refractivity contribution in [2.45, 2.75) is 12.8 Å². The third-order valence-corrected chi connectivity index (χ3v) is 2.77. The van der Waals surface area contributed by atoms with E-state index in [0.29, 0.717) is 6.42 Å². The van der Waals surface area contributed by atoms with Gasteiger partial charge in [0, 0.05) is 25.1 Å². The van der Waals surface area contributed by atoms with E-state index in [1.165, 1.54) is 0 Å². The number of anilines is 1. The first-order valence-corrected chi connectivity index (χ1v) is 6.00. The fraction of sp³-hybridized carbons (Fsp3) is 0.273. The third kappa shape index (κ3) is 4.09. The molecule has 1 aromatic carbocycles. The van der Waals surface area contributed by atoms with Crippen LogP contribution in [0.25, 0.3) is 0 Å². The van der Waals surface area contributed by atoms with Crippen molar-refractivity contribution in [3.63, 3.8) is 0 Å². The summed E-state index contributed by atoms with van der Waals surface area (Å²) in [5, 5.41) is 13.1. The third-order valence-electron chi connectivity index (χ3n) is 2.46. The number of carbonyl (C=O) groups excluding carboxylic acids is 2. The minimum Gasteiger partial charge on any atom is -0.397 e. The molecular weight excluding hydrogens is 288 g/mol. The fourth-order valence-corrected chi connectivity index (χ4v) is 1.67. The average molecular weight is 301 g/mol. The smallest absolute Gasteiger partial charge is 0.271 e. The molecular formula is C11H13ClN4O4. The van der Waals surface area contributed by atoms with Crippen LogP contribution < -0.4 is 16.8 Å². The molecule has 0 atom stereocenters. The molecule has 9 heteroatoms. The van der Waals surface area contributed by atoms with Gasteiger partial charge in [-0.15, -0.1) is 0 Å². The van der Waals surface area contributed by atoms with Crippen LogP contribution in [-0.2, 0) is 4.79 Å². The Hall–Kier alpha value is -2.35. The molecule has 8 nitrogen and oxygen atoms in total. The number of nitrogen functional groups attached to an aromatic ring is 1. The maximum absolute atomic E-state index is 11.8. The van der Waals surface area contributed by atoms with Crippen LogP contribution in [0.2, 0.25) is 5.02 Å². The number of nitrogens with zero attached hydrogens (tertiary/aromatic N) is 1. The summed E-state index contributed by atoms with van der Waals surface area (Å²) in [4.78, 5) is 32.4. The molecule has 2 amide bonds. The Bertz CT molecular complexity index is 562. The van der Waals surface area contributed by atoms with Crippen LogP contribution >= 0.6 is 11.6 Å². The molecule has 0 fully saturated rings. The Morgan fingerprint density at radius 1 is 1.40 bits per heavy atom. The van der Waals surface area contributed by atoms with Crippen molar-refractivity contribution < 1.29 is 14.5 Å². The number of hydrogen-bond donors (Lipinski definition) is 3. The Morgan fingerprint density at radius 2 is 2.05 bits per heavy atom. The fourth-order valence-electron chi connectivity index (χ4n) is 1.46. The maximum Gasteiger partial charge on any atom is 0.271 e. The van der Waals surface area contributed by atoms with Gasteiger partial charge in [0.15, 0.2) is 0 Å². The Morgan fingerprint density at radius 3 is 2.60 bits per heavy atom. The van der Waals surface area contributed by atoms with Gasteiger partial charge in [0.1, 0.15) is 0 Å². The predicted octanol–water partition coefficient (Wildman–Crippen LogP) is 0.826. The molecule has 0 spiro atoms. The van der Waals surface area contributed by atoms with Crippen LogP contribution in [0.1, 0.15) is 23.2 Å². The topological polar surface area (TPSA) is 141 Å². The van der Waals surface area contributed by atoms with Crippen molar-refractivity contribution in [3.8, 4) is 0 Å². The highest BCUT2D eigenvalue weighted by molar-refractivity contribution is 6.34. The number of hydrogen-bond acceptors (Lipinski definition) is 5. The lowest BCUT2D eigenvalue weighted by Crippen LogP contribution is -2.26. The zero-order valence-electron chi connectivity index (χ0n) is 10.4. The summed E-state index contributed by atoms with van der Waals surface area (Å²) >= 11 is 5.74. The number of halogens is 1. The zero-order valence-corrected chi connectivity index (χ0v) is 11.1. The van der Waals surface area contributed by atoms with Crippen molar-refractivity contribution >= 4 is 34.8 Å². The molecule has 0 saturated carbocycles. The molecule has 5 N–H and O–H groups in total. The van der Waals surface area contributed by atoms with Gasteiger partial charge in [-0.05, 0) is 6.42 Å². The predicted molar refractivity (Wildman–Crippen MR) is 73.3 cm³/mol. The van der Waals surface area contributed by atoms with Crippen molar-refractivity contribution in [2.24, 2.45) is 5.73 Å². The van der Waals surface area contributed by atoms with Gasteiger partial charge >= 0.3 is 0 Å². The first-order valence-electron chi connectivity index (χ1n) is 5.63. The normalized spacial score (nSPS) is 10.1. The number of nitrogens with one attached hydrogen (secondary N) is 1. The quantitative estimate of drug-likeness (QED) is 0.309. The lowest BCUT2D eigenvalue weighted by Gasteiger charge is -2.08. The van der Waals surface area contributed by atoms with Crippen molar-refractivity contribution in [1.29, 1.82) is 0 Å². The van der Waals surface area contributed by atoms with Gasteiger partial charge in [-0.1, -0.05) is 11.6 Å². The number of carbonyl (C=O) groups is 2. The summed E-state index contributed by atoms with van der Waals surface area (Å²) < 4.78 is 0. The van der Waals surface area contributed by atoms with E-state index in [2.05, 4.69) is 5.32 Å². The maximum atomic E-state index is 11.8. The number of amides is 2. The second-order valence-electron chi connectivity index (χ2n) is 3.97. The van der Waals surface area contributed by atoms with E-state index < -0.39 is 16.7 Å². The van der Waals surface area contributed by atoms with E-state index in [1.54, 1.807) is 0 Å². The largest absolute Gasteiger partial charge is 0.397 e. The van der Waals surface area contributed by atoms with E-state index in [-0.39, 0.29) is 34.9 Å². The highest BCUT2D eigenvalue weighted by Gasteiger charge is 2.18. The molecule has 0 bridgehead atoms. The summed E-state index contributed by atoms with van der Waals surface area (Å²) in [7, 11) is 0. The summed E-state index contributed by atoms with van der Waals surface area (Å²) in [5.41, 5.74) is 10.1. The Kier molecular flexibility index (Phi) is 5.27. The summed E-state index contributed by atoms with van der Waals surface area (Å²) in [6.45, 7) is 0.196. The molecule has 0 heterocycles. The number of nitrogens with two attached hydrogens (primary N) is 2. The highest BCUT2D eigenvalue weighted by atomic mass is 35.5. The minimum atomic E-state index is -0.671. The second kappa shape index (κ2) is 6.71. The van der Waals surface area contributed by atoms with E-state index in [1.807, 2.05) is 0 Å².